The van der Waals surface area contributed by atoms with Gasteiger partial charge in [-0.2, -0.15) is 15.4 Å². The van der Waals surface area contributed by atoms with Crippen molar-refractivity contribution in [1.29, 1.82) is 0 Å². The molecule has 0 unspecified atom stereocenters. The Labute approximate surface area is 85.2 Å². The summed E-state index contributed by atoms with van der Waals surface area (Å²) in [6.45, 7) is 0. The van der Waals surface area contributed by atoms with Crippen LogP contribution in [0.4, 0.5) is 0 Å². The van der Waals surface area contributed by atoms with E-state index < -0.39 is 0 Å². The van der Waals surface area contributed by atoms with E-state index in [1.807, 2.05) is 18.2 Å². The summed E-state index contributed by atoms with van der Waals surface area (Å²) in [5.74, 6) is 0. The monoisotopic (exact) mass is 197 g/mol. The minimum Gasteiger partial charge on any atom is -0.255 e. The number of pyridine rings is 2. The lowest BCUT2D eigenvalue weighted by Crippen LogP contribution is -1.86. The van der Waals surface area contributed by atoms with Gasteiger partial charge in [0.25, 0.3) is 0 Å². The van der Waals surface area contributed by atoms with Gasteiger partial charge in [0.15, 0.2) is 0 Å². The summed E-state index contributed by atoms with van der Waals surface area (Å²) in [5, 5.41) is 10.4. The van der Waals surface area contributed by atoms with Gasteiger partial charge in [0.05, 0.1) is 17.2 Å². The molecule has 0 fully saturated rings. The van der Waals surface area contributed by atoms with Gasteiger partial charge >= 0.3 is 0 Å². The summed E-state index contributed by atoms with van der Waals surface area (Å²) in [6, 6.07) is 5.67. The third-order valence-electron chi connectivity index (χ3n) is 2.19. The molecule has 0 bridgehead atoms. The fraction of sp³-hybridized carbons (Fsp3) is 0. The van der Waals surface area contributed by atoms with Crippen LogP contribution in [-0.4, -0.2) is 25.4 Å². The molecule has 5 nitrogen and oxygen atoms in total. The predicted octanol–water partition coefficient (Wildman–Crippen LogP) is 1.41. The molecule has 0 spiro atoms. The molecule has 5 heteroatoms. The van der Waals surface area contributed by atoms with E-state index in [-0.39, 0.29) is 0 Å². The zero-order valence-corrected chi connectivity index (χ0v) is 7.75. The van der Waals surface area contributed by atoms with Crippen molar-refractivity contribution >= 4 is 11.0 Å². The lowest BCUT2D eigenvalue weighted by Gasteiger charge is -2.00. The molecular formula is C10H7N5. The zero-order valence-electron chi connectivity index (χ0n) is 7.75. The summed E-state index contributed by atoms with van der Waals surface area (Å²) in [7, 11) is 0. The highest BCUT2D eigenvalue weighted by Gasteiger charge is 2.06. The third kappa shape index (κ3) is 1.25. The van der Waals surface area contributed by atoms with Crippen molar-refractivity contribution in [3.05, 3.63) is 36.8 Å². The highest BCUT2D eigenvalue weighted by molar-refractivity contribution is 5.89. The minimum atomic E-state index is 0.779. The molecule has 0 radical (unpaired) electrons. The molecule has 0 aromatic carbocycles. The highest BCUT2D eigenvalue weighted by atomic mass is 15.3. The van der Waals surface area contributed by atoms with Gasteiger partial charge in [0.1, 0.15) is 5.69 Å². The predicted molar refractivity (Wildman–Crippen MR) is 54.9 cm³/mol. The first-order valence-corrected chi connectivity index (χ1v) is 4.51. The van der Waals surface area contributed by atoms with Crippen molar-refractivity contribution in [2.75, 3.05) is 0 Å². The van der Waals surface area contributed by atoms with Crippen molar-refractivity contribution in [2.24, 2.45) is 0 Å². The van der Waals surface area contributed by atoms with E-state index in [0.717, 1.165) is 22.3 Å². The van der Waals surface area contributed by atoms with Crippen molar-refractivity contribution in [3.8, 4) is 11.3 Å². The minimum absolute atomic E-state index is 0.779. The van der Waals surface area contributed by atoms with E-state index in [1.54, 1.807) is 18.6 Å². The van der Waals surface area contributed by atoms with Gasteiger partial charge in [0.2, 0.25) is 0 Å². The Balaban J connectivity index is 2.36. The summed E-state index contributed by atoms with van der Waals surface area (Å²) in [6.07, 6.45) is 5.16. The SMILES string of the molecule is c1cnc2c(-c3cn[nH]n3)ccnc2c1. The summed E-state index contributed by atoms with van der Waals surface area (Å²) >= 11 is 0. The number of hydrogen-bond acceptors (Lipinski definition) is 4. The van der Waals surface area contributed by atoms with Crippen LogP contribution in [0.5, 0.6) is 0 Å². The number of aromatic amines is 1. The third-order valence-corrected chi connectivity index (χ3v) is 2.19. The van der Waals surface area contributed by atoms with Gasteiger partial charge in [-0.25, -0.2) is 0 Å². The molecule has 72 valence electrons. The van der Waals surface area contributed by atoms with Gasteiger partial charge in [-0.15, -0.1) is 0 Å². The maximum Gasteiger partial charge on any atom is 0.115 e. The first-order valence-electron chi connectivity index (χ1n) is 4.51. The van der Waals surface area contributed by atoms with Crippen LogP contribution in [0.3, 0.4) is 0 Å². The highest BCUT2D eigenvalue weighted by Crippen LogP contribution is 2.22. The van der Waals surface area contributed by atoms with Crippen LogP contribution in [0.2, 0.25) is 0 Å². The fourth-order valence-electron chi connectivity index (χ4n) is 1.52. The second-order valence-electron chi connectivity index (χ2n) is 3.08. The number of aromatic nitrogens is 5. The van der Waals surface area contributed by atoms with Crippen LogP contribution in [-0.2, 0) is 0 Å². The summed E-state index contributed by atoms with van der Waals surface area (Å²) in [4.78, 5) is 8.52. The van der Waals surface area contributed by atoms with Gasteiger partial charge in [-0.3, -0.25) is 9.97 Å². The number of nitrogens with one attached hydrogen (secondary N) is 1. The van der Waals surface area contributed by atoms with Crippen molar-refractivity contribution in [2.45, 2.75) is 0 Å². The quantitative estimate of drug-likeness (QED) is 0.640. The van der Waals surface area contributed by atoms with Crippen molar-refractivity contribution < 1.29 is 0 Å². The molecule has 0 aliphatic rings. The van der Waals surface area contributed by atoms with E-state index in [1.165, 1.54) is 0 Å². The normalized spacial score (nSPS) is 10.7. The fourth-order valence-corrected chi connectivity index (χ4v) is 1.52. The van der Waals surface area contributed by atoms with Crippen LogP contribution in [0.1, 0.15) is 0 Å². The Morgan fingerprint density at radius 1 is 1.07 bits per heavy atom. The number of rotatable bonds is 1. The molecular weight excluding hydrogens is 190 g/mol. The van der Waals surface area contributed by atoms with Crippen LogP contribution < -0.4 is 0 Å². The van der Waals surface area contributed by atoms with E-state index in [9.17, 15) is 0 Å². The standard InChI is InChI=1S/C10H7N5/c1-2-8-10(12-4-1)7(3-5-11-8)9-6-13-15-14-9/h1-6H,(H,13,14,15). The average molecular weight is 197 g/mol. The second kappa shape index (κ2) is 3.13. The Hall–Kier alpha value is -2.30. The van der Waals surface area contributed by atoms with Crippen molar-refractivity contribution in [3.63, 3.8) is 0 Å². The van der Waals surface area contributed by atoms with Gasteiger partial charge in [-0.1, -0.05) is 0 Å². The molecule has 15 heavy (non-hydrogen) atoms. The number of hydrogen-bond donors (Lipinski definition) is 1. The summed E-state index contributed by atoms with van der Waals surface area (Å²) < 4.78 is 0. The smallest absolute Gasteiger partial charge is 0.115 e. The van der Waals surface area contributed by atoms with Crippen LogP contribution in [0.25, 0.3) is 22.3 Å². The van der Waals surface area contributed by atoms with Crippen LogP contribution in [0.15, 0.2) is 36.8 Å². The molecule has 1 N–H and O–H groups in total. The van der Waals surface area contributed by atoms with E-state index in [2.05, 4.69) is 25.4 Å². The maximum atomic E-state index is 4.29. The number of H-pyrrole nitrogens is 1. The summed E-state index contributed by atoms with van der Waals surface area (Å²) in [5.41, 5.74) is 3.42. The average Bonchev–Trinajstić information content (AvgIpc) is 2.82. The molecule has 0 saturated carbocycles. The maximum absolute atomic E-state index is 4.29. The number of fused-ring (bicyclic) bond motifs is 1. The van der Waals surface area contributed by atoms with E-state index >= 15 is 0 Å². The van der Waals surface area contributed by atoms with Crippen molar-refractivity contribution in [1.82, 2.24) is 25.4 Å². The topological polar surface area (TPSA) is 67.3 Å². The molecule has 0 atom stereocenters. The molecule has 3 heterocycles. The zero-order chi connectivity index (χ0) is 10.1. The van der Waals surface area contributed by atoms with Gasteiger partial charge in [-0.05, 0) is 18.2 Å². The Bertz CT molecular complexity index is 582. The largest absolute Gasteiger partial charge is 0.255 e. The lowest BCUT2D eigenvalue weighted by atomic mass is 10.1. The molecule has 0 aliphatic heterocycles. The Kier molecular flexibility index (Phi) is 1.68. The van der Waals surface area contributed by atoms with Gasteiger partial charge in [0, 0.05) is 18.0 Å². The Morgan fingerprint density at radius 3 is 2.93 bits per heavy atom. The first-order chi connectivity index (χ1) is 7.45. The number of nitrogens with zero attached hydrogens (tertiary/aromatic N) is 4. The molecule has 3 rings (SSSR count). The molecule has 3 aromatic heterocycles. The molecule has 3 aromatic rings. The molecule has 0 amide bonds. The van der Waals surface area contributed by atoms with Crippen LogP contribution >= 0.6 is 0 Å². The van der Waals surface area contributed by atoms with Crippen LogP contribution in [0, 0.1) is 0 Å². The Morgan fingerprint density at radius 2 is 2.07 bits per heavy atom. The second-order valence-corrected chi connectivity index (χ2v) is 3.08. The first kappa shape index (κ1) is 8.05. The molecule has 0 saturated heterocycles. The lowest BCUT2D eigenvalue weighted by molar-refractivity contribution is 0.942. The van der Waals surface area contributed by atoms with Gasteiger partial charge < -0.3 is 0 Å². The van der Waals surface area contributed by atoms with E-state index in [4.69, 9.17) is 0 Å². The van der Waals surface area contributed by atoms with E-state index in [0.29, 0.717) is 0 Å². The molecule has 0 aliphatic carbocycles.